The first-order valence-electron chi connectivity index (χ1n) is 5.50. The van der Waals surface area contributed by atoms with Crippen molar-refractivity contribution in [3.8, 4) is 17.6 Å². The maximum Gasteiger partial charge on any atom is 0.231 e. The van der Waals surface area contributed by atoms with Crippen LogP contribution >= 0.6 is 0 Å². The van der Waals surface area contributed by atoms with Crippen molar-refractivity contribution in [3.63, 3.8) is 0 Å². The topological polar surface area (TPSA) is 79.0 Å². The molecule has 0 saturated carbocycles. The van der Waals surface area contributed by atoms with Gasteiger partial charge in [0.05, 0.1) is 12.1 Å². The van der Waals surface area contributed by atoms with Gasteiger partial charge >= 0.3 is 0 Å². The van der Waals surface area contributed by atoms with E-state index in [1.807, 2.05) is 18.2 Å². The summed E-state index contributed by atoms with van der Waals surface area (Å²) in [7, 11) is 0. The summed E-state index contributed by atoms with van der Waals surface area (Å²) in [5.74, 6) is 2.06. The Kier molecular flexibility index (Phi) is 2.57. The maximum atomic E-state index is 8.86. The Morgan fingerprint density at radius 1 is 1.33 bits per heavy atom. The van der Waals surface area contributed by atoms with E-state index in [0.29, 0.717) is 24.5 Å². The van der Waals surface area contributed by atoms with Crippen LogP contribution < -0.4 is 14.8 Å². The smallest absolute Gasteiger partial charge is 0.231 e. The van der Waals surface area contributed by atoms with Crippen LogP contribution in [-0.4, -0.2) is 13.3 Å². The molecule has 3 rings (SSSR count). The largest absolute Gasteiger partial charge is 0.454 e. The Hall–Kier alpha value is -2.55. The van der Waals surface area contributed by atoms with Gasteiger partial charge in [0.2, 0.25) is 6.79 Å². The summed E-state index contributed by atoms with van der Waals surface area (Å²) in [5, 5.41) is 19.6. The number of benzene rings is 1. The van der Waals surface area contributed by atoms with Gasteiger partial charge in [0.15, 0.2) is 17.3 Å². The zero-order valence-electron chi connectivity index (χ0n) is 9.51. The number of fused-ring (bicyclic) bond motifs is 1. The summed E-state index contributed by atoms with van der Waals surface area (Å²) in [6.07, 6.45) is 0. The number of azo groups is 1. The highest BCUT2D eigenvalue weighted by Gasteiger charge is 2.14. The van der Waals surface area contributed by atoms with Crippen molar-refractivity contribution in [2.75, 3.05) is 13.3 Å². The number of nitrogens with one attached hydrogen (secondary N) is 1. The molecule has 0 amide bonds. The summed E-state index contributed by atoms with van der Waals surface area (Å²) in [6, 6.07) is 7.80. The molecule has 0 aliphatic carbocycles. The predicted octanol–water partition coefficient (Wildman–Crippen LogP) is 1.71. The normalized spacial score (nSPS) is 15.9. The van der Waals surface area contributed by atoms with E-state index >= 15 is 0 Å². The van der Waals surface area contributed by atoms with E-state index < -0.39 is 0 Å². The number of nitriles is 1. The van der Waals surface area contributed by atoms with Gasteiger partial charge in [0.25, 0.3) is 0 Å². The molecule has 18 heavy (non-hydrogen) atoms. The average Bonchev–Trinajstić information content (AvgIpc) is 3.04. The van der Waals surface area contributed by atoms with Crippen LogP contribution in [0, 0.1) is 11.3 Å². The van der Waals surface area contributed by atoms with Crippen LogP contribution in [-0.2, 0) is 6.54 Å². The number of hydrogen-bond acceptors (Lipinski definition) is 6. The molecule has 0 fully saturated rings. The van der Waals surface area contributed by atoms with Crippen LogP contribution in [0.4, 0.5) is 0 Å². The van der Waals surface area contributed by atoms with Crippen LogP contribution in [0.1, 0.15) is 5.56 Å². The van der Waals surface area contributed by atoms with E-state index in [2.05, 4.69) is 21.6 Å². The Morgan fingerprint density at radius 3 is 3.11 bits per heavy atom. The number of nitrogens with zero attached hydrogens (tertiary/aromatic N) is 3. The minimum Gasteiger partial charge on any atom is -0.454 e. The van der Waals surface area contributed by atoms with Crippen molar-refractivity contribution in [1.82, 2.24) is 5.32 Å². The number of rotatable bonds is 3. The fourth-order valence-corrected chi connectivity index (χ4v) is 1.78. The van der Waals surface area contributed by atoms with Gasteiger partial charge in [-0.2, -0.15) is 10.4 Å². The lowest BCUT2D eigenvalue weighted by Gasteiger charge is -2.05. The molecule has 0 atom stereocenters. The Bertz CT molecular complexity index is 586. The molecule has 0 radical (unpaired) electrons. The van der Waals surface area contributed by atoms with E-state index in [0.717, 1.165) is 17.1 Å². The lowest BCUT2D eigenvalue weighted by molar-refractivity contribution is 0.174. The fourth-order valence-electron chi connectivity index (χ4n) is 1.78. The van der Waals surface area contributed by atoms with Gasteiger partial charge in [-0.3, -0.25) is 0 Å². The molecule has 0 saturated heterocycles. The van der Waals surface area contributed by atoms with E-state index in [9.17, 15) is 0 Å². The first kappa shape index (κ1) is 10.6. The highest BCUT2D eigenvalue weighted by Crippen LogP contribution is 2.32. The minimum atomic E-state index is 0.268. The summed E-state index contributed by atoms with van der Waals surface area (Å²) < 4.78 is 10.5. The SMILES string of the molecule is N#CC1=C(NCc2ccc3c(c2)OCO3)N=NC1. The van der Waals surface area contributed by atoms with Gasteiger partial charge in [0.1, 0.15) is 6.07 Å². The highest BCUT2D eigenvalue weighted by molar-refractivity contribution is 5.44. The average molecular weight is 242 g/mol. The molecule has 0 bridgehead atoms. The second-order valence-electron chi connectivity index (χ2n) is 3.88. The summed E-state index contributed by atoms with van der Waals surface area (Å²) >= 11 is 0. The molecule has 0 unspecified atom stereocenters. The van der Waals surface area contributed by atoms with E-state index in [1.54, 1.807) is 0 Å². The molecule has 2 heterocycles. The van der Waals surface area contributed by atoms with Gasteiger partial charge in [0, 0.05) is 6.54 Å². The monoisotopic (exact) mass is 242 g/mol. The molecule has 2 aliphatic rings. The van der Waals surface area contributed by atoms with Crippen LogP contribution in [0.3, 0.4) is 0 Å². The van der Waals surface area contributed by atoms with Crippen molar-refractivity contribution in [3.05, 3.63) is 35.2 Å². The molecule has 0 spiro atoms. The Morgan fingerprint density at radius 2 is 2.22 bits per heavy atom. The summed E-state index contributed by atoms with van der Waals surface area (Å²) in [4.78, 5) is 0. The zero-order valence-corrected chi connectivity index (χ0v) is 9.51. The van der Waals surface area contributed by atoms with Crippen molar-refractivity contribution in [2.24, 2.45) is 10.2 Å². The first-order valence-corrected chi connectivity index (χ1v) is 5.50. The molecular weight excluding hydrogens is 232 g/mol. The van der Waals surface area contributed by atoms with Crippen molar-refractivity contribution < 1.29 is 9.47 Å². The molecule has 1 aromatic rings. The van der Waals surface area contributed by atoms with E-state index in [4.69, 9.17) is 14.7 Å². The second kappa shape index (κ2) is 4.37. The third-order valence-electron chi connectivity index (χ3n) is 2.72. The minimum absolute atomic E-state index is 0.268. The predicted molar refractivity (Wildman–Crippen MR) is 61.8 cm³/mol. The maximum absolute atomic E-state index is 8.86. The first-order chi connectivity index (χ1) is 8.86. The zero-order chi connectivity index (χ0) is 12.4. The van der Waals surface area contributed by atoms with Gasteiger partial charge in [-0.1, -0.05) is 6.07 Å². The Balaban J connectivity index is 1.71. The molecule has 90 valence electrons. The Labute approximate surface area is 104 Å². The van der Waals surface area contributed by atoms with Crippen molar-refractivity contribution in [1.29, 1.82) is 5.26 Å². The van der Waals surface area contributed by atoms with Crippen LogP contribution in [0.15, 0.2) is 39.8 Å². The van der Waals surface area contributed by atoms with Gasteiger partial charge in [-0.15, -0.1) is 5.11 Å². The van der Waals surface area contributed by atoms with Crippen LogP contribution in [0.5, 0.6) is 11.5 Å². The molecule has 1 aromatic carbocycles. The van der Waals surface area contributed by atoms with Gasteiger partial charge in [-0.05, 0) is 17.7 Å². The van der Waals surface area contributed by atoms with Crippen molar-refractivity contribution >= 4 is 0 Å². The molecule has 1 N–H and O–H groups in total. The molecule has 6 nitrogen and oxygen atoms in total. The lowest BCUT2D eigenvalue weighted by atomic mass is 10.2. The summed E-state index contributed by atoms with van der Waals surface area (Å²) in [5.41, 5.74) is 1.60. The van der Waals surface area contributed by atoms with Gasteiger partial charge in [-0.25, -0.2) is 0 Å². The fraction of sp³-hybridized carbons (Fsp3) is 0.250. The molecular formula is C12H10N4O2. The standard InChI is InChI=1S/C12H10N4O2/c13-4-9-6-15-16-12(9)14-5-8-1-2-10-11(3-8)18-7-17-10/h1-3,14H,5-7H2. The molecule has 2 aliphatic heterocycles. The number of hydrogen-bond donors (Lipinski definition) is 1. The van der Waals surface area contributed by atoms with Crippen molar-refractivity contribution in [2.45, 2.75) is 6.54 Å². The quantitative estimate of drug-likeness (QED) is 0.875. The second-order valence-corrected chi connectivity index (χ2v) is 3.88. The third-order valence-corrected chi connectivity index (χ3v) is 2.72. The summed E-state index contributed by atoms with van der Waals surface area (Å²) in [6.45, 7) is 1.19. The molecule has 6 heteroatoms. The third kappa shape index (κ3) is 1.86. The van der Waals surface area contributed by atoms with Crippen LogP contribution in [0.25, 0.3) is 0 Å². The van der Waals surface area contributed by atoms with E-state index in [1.165, 1.54) is 0 Å². The highest BCUT2D eigenvalue weighted by atomic mass is 16.7. The molecule has 0 aromatic heterocycles. The van der Waals surface area contributed by atoms with Crippen LogP contribution in [0.2, 0.25) is 0 Å². The van der Waals surface area contributed by atoms with Gasteiger partial charge < -0.3 is 14.8 Å². The van der Waals surface area contributed by atoms with E-state index in [-0.39, 0.29) is 6.79 Å². The lowest BCUT2D eigenvalue weighted by Crippen LogP contribution is -2.12. The number of ether oxygens (including phenoxy) is 2.